The largest absolute Gasteiger partial charge is 0.379 e. The Morgan fingerprint density at radius 1 is 1.28 bits per heavy atom. The first-order chi connectivity index (χ1) is 8.61. The zero-order valence-electron chi connectivity index (χ0n) is 11.4. The van der Waals surface area contributed by atoms with Gasteiger partial charge in [0, 0.05) is 23.6 Å². The summed E-state index contributed by atoms with van der Waals surface area (Å²) < 4.78 is 6.70. The Morgan fingerprint density at radius 3 is 2.67 bits per heavy atom. The summed E-state index contributed by atoms with van der Waals surface area (Å²) in [7, 11) is 4.10. The number of benzene rings is 1. The van der Waals surface area contributed by atoms with Crippen LogP contribution in [0, 0.1) is 0 Å². The zero-order valence-corrected chi connectivity index (χ0v) is 13.0. The van der Waals surface area contributed by atoms with Gasteiger partial charge < -0.3 is 15.0 Å². The van der Waals surface area contributed by atoms with E-state index in [2.05, 4.69) is 65.4 Å². The molecule has 0 aliphatic heterocycles. The standard InChI is InChI=1S/C14H23BrN2O/c1-12(13-6-4-5-7-14(13)15)16-8-10-18-11-9-17(2)3/h4-7,12,16H,8-11H2,1-3H3. The average molecular weight is 315 g/mol. The average Bonchev–Trinajstić information content (AvgIpc) is 2.33. The van der Waals surface area contributed by atoms with Crippen molar-refractivity contribution < 1.29 is 4.74 Å². The third kappa shape index (κ3) is 5.96. The maximum absolute atomic E-state index is 5.55. The maximum Gasteiger partial charge on any atom is 0.0593 e. The molecule has 0 bridgehead atoms. The van der Waals surface area contributed by atoms with Crippen LogP contribution in [-0.4, -0.2) is 45.3 Å². The molecule has 1 unspecified atom stereocenters. The predicted molar refractivity (Wildman–Crippen MR) is 79.9 cm³/mol. The lowest BCUT2D eigenvalue weighted by Gasteiger charge is -2.16. The van der Waals surface area contributed by atoms with Crippen molar-refractivity contribution in [3.8, 4) is 0 Å². The summed E-state index contributed by atoms with van der Waals surface area (Å²) in [6, 6.07) is 8.63. The van der Waals surface area contributed by atoms with E-state index in [9.17, 15) is 0 Å². The molecule has 0 aliphatic carbocycles. The molecule has 0 amide bonds. The molecular formula is C14H23BrN2O. The Labute approximate surface area is 119 Å². The van der Waals surface area contributed by atoms with Crippen LogP contribution in [0.4, 0.5) is 0 Å². The Morgan fingerprint density at radius 2 is 2.00 bits per heavy atom. The highest BCUT2D eigenvalue weighted by Crippen LogP contribution is 2.22. The third-order valence-electron chi connectivity index (χ3n) is 2.75. The minimum Gasteiger partial charge on any atom is -0.379 e. The van der Waals surface area contributed by atoms with Crippen LogP contribution < -0.4 is 5.32 Å². The van der Waals surface area contributed by atoms with Crippen LogP contribution in [0.3, 0.4) is 0 Å². The number of rotatable bonds is 8. The van der Waals surface area contributed by atoms with E-state index in [1.54, 1.807) is 0 Å². The van der Waals surface area contributed by atoms with E-state index in [-0.39, 0.29) is 0 Å². The molecule has 102 valence electrons. The van der Waals surface area contributed by atoms with Gasteiger partial charge >= 0.3 is 0 Å². The van der Waals surface area contributed by atoms with E-state index in [1.807, 2.05) is 6.07 Å². The fourth-order valence-electron chi connectivity index (χ4n) is 1.63. The Hall–Kier alpha value is -0.420. The number of hydrogen-bond donors (Lipinski definition) is 1. The molecule has 0 saturated carbocycles. The van der Waals surface area contributed by atoms with Crippen LogP contribution in [0.5, 0.6) is 0 Å². The van der Waals surface area contributed by atoms with Gasteiger partial charge in [0.05, 0.1) is 13.2 Å². The molecule has 0 fully saturated rings. The van der Waals surface area contributed by atoms with Crippen LogP contribution in [0.15, 0.2) is 28.7 Å². The number of nitrogens with one attached hydrogen (secondary N) is 1. The van der Waals surface area contributed by atoms with Crippen molar-refractivity contribution in [1.29, 1.82) is 0 Å². The summed E-state index contributed by atoms with van der Waals surface area (Å²) in [6.07, 6.45) is 0. The Balaban J connectivity index is 2.18. The van der Waals surface area contributed by atoms with E-state index in [0.29, 0.717) is 6.04 Å². The first-order valence-corrected chi connectivity index (χ1v) is 7.11. The first-order valence-electron chi connectivity index (χ1n) is 6.31. The van der Waals surface area contributed by atoms with Crippen molar-refractivity contribution in [1.82, 2.24) is 10.2 Å². The molecule has 1 N–H and O–H groups in total. The molecule has 1 rings (SSSR count). The topological polar surface area (TPSA) is 24.5 Å². The molecule has 1 atom stereocenters. The fourth-order valence-corrected chi connectivity index (χ4v) is 2.26. The lowest BCUT2D eigenvalue weighted by Crippen LogP contribution is -2.25. The quantitative estimate of drug-likeness (QED) is 0.747. The van der Waals surface area contributed by atoms with E-state index in [0.717, 1.165) is 30.8 Å². The van der Waals surface area contributed by atoms with E-state index in [1.165, 1.54) is 5.56 Å². The fraction of sp³-hybridized carbons (Fsp3) is 0.571. The van der Waals surface area contributed by atoms with E-state index >= 15 is 0 Å². The van der Waals surface area contributed by atoms with Gasteiger partial charge in [-0.05, 0) is 32.6 Å². The van der Waals surface area contributed by atoms with Gasteiger partial charge in [0.1, 0.15) is 0 Å². The number of likely N-dealkylation sites (N-methyl/N-ethyl adjacent to an activating group) is 1. The molecule has 1 aromatic carbocycles. The third-order valence-corrected chi connectivity index (χ3v) is 3.47. The lowest BCUT2D eigenvalue weighted by atomic mass is 10.1. The van der Waals surface area contributed by atoms with E-state index < -0.39 is 0 Å². The van der Waals surface area contributed by atoms with Crippen molar-refractivity contribution in [2.75, 3.05) is 40.4 Å². The summed E-state index contributed by atoms with van der Waals surface area (Å²) in [6.45, 7) is 5.55. The highest BCUT2D eigenvalue weighted by molar-refractivity contribution is 9.10. The summed E-state index contributed by atoms with van der Waals surface area (Å²) in [5.74, 6) is 0. The number of halogens is 1. The van der Waals surface area contributed by atoms with Gasteiger partial charge in [-0.25, -0.2) is 0 Å². The molecule has 0 aromatic heterocycles. The van der Waals surface area contributed by atoms with Gasteiger partial charge in [-0.15, -0.1) is 0 Å². The SMILES string of the molecule is CC(NCCOCCN(C)C)c1ccccc1Br. The number of nitrogens with zero attached hydrogens (tertiary/aromatic N) is 1. The predicted octanol–water partition coefficient (Wildman–Crippen LogP) is 2.68. The van der Waals surface area contributed by atoms with Crippen LogP contribution in [0.1, 0.15) is 18.5 Å². The van der Waals surface area contributed by atoms with Crippen LogP contribution in [0.25, 0.3) is 0 Å². The van der Waals surface area contributed by atoms with E-state index in [4.69, 9.17) is 4.74 Å². The van der Waals surface area contributed by atoms with Crippen molar-refractivity contribution in [2.45, 2.75) is 13.0 Å². The molecular weight excluding hydrogens is 292 g/mol. The summed E-state index contributed by atoms with van der Waals surface area (Å²) in [5, 5.41) is 3.46. The first kappa shape index (κ1) is 15.6. The second kappa shape index (κ2) is 8.64. The number of hydrogen-bond acceptors (Lipinski definition) is 3. The van der Waals surface area contributed by atoms with Gasteiger partial charge in [0.15, 0.2) is 0 Å². The molecule has 4 heteroatoms. The normalized spacial score (nSPS) is 12.9. The Bertz CT molecular complexity index is 344. The van der Waals surface area contributed by atoms with Crippen molar-refractivity contribution >= 4 is 15.9 Å². The molecule has 3 nitrogen and oxygen atoms in total. The van der Waals surface area contributed by atoms with Gasteiger partial charge in [-0.1, -0.05) is 34.1 Å². The van der Waals surface area contributed by atoms with Gasteiger partial charge in [-0.3, -0.25) is 0 Å². The second-order valence-electron chi connectivity index (χ2n) is 4.61. The highest BCUT2D eigenvalue weighted by Gasteiger charge is 2.07. The summed E-state index contributed by atoms with van der Waals surface area (Å²) in [4.78, 5) is 2.12. The lowest BCUT2D eigenvalue weighted by molar-refractivity contribution is 0.118. The van der Waals surface area contributed by atoms with Crippen molar-refractivity contribution in [3.63, 3.8) is 0 Å². The maximum atomic E-state index is 5.55. The van der Waals surface area contributed by atoms with Gasteiger partial charge in [0.2, 0.25) is 0 Å². The smallest absolute Gasteiger partial charge is 0.0593 e. The minimum atomic E-state index is 0.332. The van der Waals surface area contributed by atoms with Crippen LogP contribution in [-0.2, 0) is 4.74 Å². The summed E-state index contributed by atoms with van der Waals surface area (Å²) in [5.41, 5.74) is 1.28. The molecule has 0 aliphatic rings. The Kier molecular flexibility index (Phi) is 7.51. The molecule has 0 heterocycles. The molecule has 0 spiro atoms. The molecule has 18 heavy (non-hydrogen) atoms. The van der Waals surface area contributed by atoms with Crippen molar-refractivity contribution in [2.24, 2.45) is 0 Å². The monoisotopic (exact) mass is 314 g/mol. The molecule has 0 radical (unpaired) electrons. The van der Waals surface area contributed by atoms with Crippen LogP contribution >= 0.6 is 15.9 Å². The second-order valence-corrected chi connectivity index (χ2v) is 5.47. The van der Waals surface area contributed by atoms with Crippen LogP contribution in [0.2, 0.25) is 0 Å². The molecule has 1 aromatic rings. The summed E-state index contributed by atoms with van der Waals surface area (Å²) >= 11 is 3.57. The highest BCUT2D eigenvalue weighted by atomic mass is 79.9. The van der Waals surface area contributed by atoms with Gasteiger partial charge in [-0.2, -0.15) is 0 Å². The van der Waals surface area contributed by atoms with Crippen molar-refractivity contribution in [3.05, 3.63) is 34.3 Å². The van der Waals surface area contributed by atoms with Gasteiger partial charge in [0.25, 0.3) is 0 Å². The number of ether oxygens (including phenoxy) is 1. The minimum absolute atomic E-state index is 0.332. The zero-order chi connectivity index (χ0) is 13.4. The molecule has 0 saturated heterocycles.